The molecule has 0 spiro atoms. The van der Waals surface area contributed by atoms with Crippen LogP contribution in [0.2, 0.25) is 0 Å². The maximum absolute atomic E-state index is 11.4. The zero-order valence-corrected chi connectivity index (χ0v) is 17.8. The Morgan fingerprint density at radius 3 is 2.62 bits per heavy atom. The Morgan fingerprint density at radius 1 is 1.00 bits per heavy atom. The van der Waals surface area contributed by atoms with E-state index in [0.29, 0.717) is 28.6 Å². The highest BCUT2D eigenvalue weighted by molar-refractivity contribution is 5.93. The number of ether oxygens (including phenoxy) is 3. The first kappa shape index (κ1) is 21.0. The Hall–Kier alpha value is -4.27. The summed E-state index contributed by atoms with van der Waals surface area (Å²) in [5, 5.41) is 4.00. The van der Waals surface area contributed by atoms with E-state index >= 15 is 0 Å². The van der Waals surface area contributed by atoms with Crippen LogP contribution in [0.5, 0.6) is 17.2 Å². The van der Waals surface area contributed by atoms with Gasteiger partial charge in [-0.25, -0.2) is 19.9 Å². The molecule has 0 bridgehead atoms. The van der Waals surface area contributed by atoms with E-state index in [2.05, 4.69) is 25.3 Å². The molecule has 162 valence electrons. The average Bonchev–Trinajstić information content (AvgIpc) is 2.80. The fraction of sp³-hybridized carbons (Fsp3) is 0.174. The van der Waals surface area contributed by atoms with E-state index in [1.165, 1.54) is 19.6 Å². The summed E-state index contributed by atoms with van der Waals surface area (Å²) in [5.41, 5.74) is 2.99. The average molecular weight is 431 g/mol. The second-order valence-electron chi connectivity index (χ2n) is 6.93. The van der Waals surface area contributed by atoms with E-state index in [1.54, 1.807) is 31.5 Å². The molecule has 0 unspecified atom stereocenters. The minimum atomic E-state index is -0.378. The number of nitrogens with one attached hydrogen (secondary N) is 1. The number of hydrogen-bond acceptors (Lipinski definition) is 9. The smallest absolute Gasteiger partial charge is 0.308 e. The molecule has 9 nitrogen and oxygen atoms in total. The van der Waals surface area contributed by atoms with E-state index in [0.717, 1.165) is 22.3 Å². The normalized spacial score (nSPS) is 10.6. The number of carbonyl (C=O) groups excluding carboxylic acids is 1. The third-order valence-corrected chi connectivity index (χ3v) is 4.64. The minimum absolute atomic E-state index is 0.267. The van der Waals surface area contributed by atoms with Gasteiger partial charge >= 0.3 is 5.97 Å². The highest BCUT2D eigenvalue weighted by atomic mass is 16.5. The Balaban J connectivity index is 1.64. The van der Waals surface area contributed by atoms with E-state index in [4.69, 9.17) is 14.2 Å². The summed E-state index contributed by atoms with van der Waals surface area (Å²) in [6.45, 7) is 3.51. The lowest BCUT2D eigenvalue weighted by Crippen LogP contribution is -2.04. The maximum Gasteiger partial charge on any atom is 0.308 e. The molecule has 1 N–H and O–H groups in total. The van der Waals surface area contributed by atoms with Gasteiger partial charge in [0.1, 0.15) is 30.8 Å². The molecule has 0 aliphatic carbocycles. The molecule has 2 heterocycles. The van der Waals surface area contributed by atoms with Crippen LogP contribution in [-0.4, -0.2) is 33.0 Å². The number of fused-ring (bicyclic) bond motifs is 1. The van der Waals surface area contributed by atoms with Gasteiger partial charge in [-0.2, -0.15) is 0 Å². The standard InChI is InChI=1S/C23H21N5O4/c1-14-4-5-16(8-20(14)32-15(2)29)28-23-18-9-21(30-3)22(10-19(18)26-13-27-23)31-11-17-6-7-24-12-25-17/h4-10,12-13H,11H2,1-3H3,(H,26,27,28). The van der Waals surface area contributed by atoms with Crippen LogP contribution in [0.3, 0.4) is 0 Å². The van der Waals surface area contributed by atoms with Crippen LogP contribution in [0.15, 0.2) is 55.2 Å². The number of carbonyl (C=O) groups is 1. The molecule has 32 heavy (non-hydrogen) atoms. The van der Waals surface area contributed by atoms with Crippen LogP contribution < -0.4 is 19.5 Å². The predicted octanol–water partition coefficient (Wildman–Crippen LogP) is 3.98. The SMILES string of the molecule is COc1cc2c(Nc3ccc(C)c(OC(C)=O)c3)ncnc2cc1OCc1ccncn1. The molecule has 0 radical (unpaired) electrons. The van der Waals surface area contributed by atoms with Crippen molar-refractivity contribution in [3.63, 3.8) is 0 Å². The third-order valence-electron chi connectivity index (χ3n) is 4.64. The van der Waals surface area contributed by atoms with Gasteiger partial charge in [0.2, 0.25) is 0 Å². The second-order valence-corrected chi connectivity index (χ2v) is 6.93. The Bertz CT molecular complexity index is 1260. The van der Waals surface area contributed by atoms with Crippen molar-refractivity contribution in [2.45, 2.75) is 20.5 Å². The van der Waals surface area contributed by atoms with Crippen LogP contribution in [-0.2, 0) is 11.4 Å². The first-order chi connectivity index (χ1) is 15.5. The van der Waals surface area contributed by atoms with Gasteiger partial charge < -0.3 is 19.5 Å². The molecule has 2 aromatic heterocycles. The van der Waals surface area contributed by atoms with Gasteiger partial charge in [0.25, 0.3) is 0 Å². The van der Waals surface area contributed by atoms with Crippen molar-refractivity contribution < 1.29 is 19.0 Å². The summed E-state index contributed by atoms with van der Waals surface area (Å²) in [6, 6.07) is 10.9. The number of anilines is 2. The van der Waals surface area contributed by atoms with Crippen molar-refractivity contribution in [3.8, 4) is 17.2 Å². The molecule has 0 saturated carbocycles. The monoisotopic (exact) mass is 431 g/mol. The van der Waals surface area contributed by atoms with Crippen LogP contribution in [0.1, 0.15) is 18.2 Å². The zero-order chi connectivity index (χ0) is 22.5. The van der Waals surface area contributed by atoms with Gasteiger partial charge in [-0.15, -0.1) is 0 Å². The molecular weight excluding hydrogens is 410 g/mol. The van der Waals surface area contributed by atoms with Crippen LogP contribution >= 0.6 is 0 Å². The number of nitrogens with zero attached hydrogens (tertiary/aromatic N) is 4. The summed E-state index contributed by atoms with van der Waals surface area (Å²) in [7, 11) is 1.57. The fourth-order valence-electron chi connectivity index (χ4n) is 3.07. The zero-order valence-electron chi connectivity index (χ0n) is 17.8. The van der Waals surface area contributed by atoms with Gasteiger partial charge in [-0.3, -0.25) is 4.79 Å². The highest BCUT2D eigenvalue weighted by Gasteiger charge is 2.13. The van der Waals surface area contributed by atoms with Crippen molar-refractivity contribution in [2.24, 2.45) is 0 Å². The Kier molecular flexibility index (Phi) is 6.07. The third kappa shape index (κ3) is 4.72. The van der Waals surface area contributed by atoms with Crippen molar-refractivity contribution in [3.05, 3.63) is 66.5 Å². The first-order valence-corrected chi connectivity index (χ1v) is 9.80. The van der Waals surface area contributed by atoms with E-state index < -0.39 is 0 Å². The minimum Gasteiger partial charge on any atom is -0.493 e. The lowest BCUT2D eigenvalue weighted by atomic mass is 10.1. The van der Waals surface area contributed by atoms with Crippen molar-refractivity contribution in [1.82, 2.24) is 19.9 Å². The number of methoxy groups -OCH3 is 1. The van der Waals surface area contributed by atoms with E-state index in [1.807, 2.05) is 25.1 Å². The number of aromatic nitrogens is 4. The summed E-state index contributed by atoms with van der Waals surface area (Å²) in [6.07, 6.45) is 4.60. The highest BCUT2D eigenvalue weighted by Crippen LogP contribution is 2.35. The summed E-state index contributed by atoms with van der Waals surface area (Å²) < 4.78 is 16.7. The molecule has 2 aromatic carbocycles. The van der Waals surface area contributed by atoms with Crippen molar-refractivity contribution in [1.29, 1.82) is 0 Å². The summed E-state index contributed by atoms with van der Waals surface area (Å²) in [4.78, 5) is 28.2. The number of esters is 1. The molecular formula is C23H21N5O4. The number of aryl methyl sites for hydroxylation is 1. The van der Waals surface area contributed by atoms with E-state index in [9.17, 15) is 4.79 Å². The van der Waals surface area contributed by atoms with Gasteiger partial charge in [-0.05, 0) is 30.7 Å². The number of hydrogen-bond donors (Lipinski definition) is 1. The maximum atomic E-state index is 11.4. The Labute approximate surface area is 184 Å². The molecule has 4 rings (SSSR count). The van der Waals surface area contributed by atoms with Crippen LogP contribution in [0.25, 0.3) is 10.9 Å². The second kappa shape index (κ2) is 9.25. The molecule has 0 saturated heterocycles. The van der Waals surface area contributed by atoms with Gasteiger partial charge in [0, 0.05) is 36.3 Å². The van der Waals surface area contributed by atoms with Gasteiger partial charge in [0.15, 0.2) is 11.5 Å². The summed E-state index contributed by atoms with van der Waals surface area (Å²) >= 11 is 0. The van der Waals surface area contributed by atoms with Crippen LogP contribution in [0, 0.1) is 6.92 Å². The number of benzene rings is 2. The van der Waals surface area contributed by atoms with Crippen LogP contribution in [0.4, 0.5) is 11.5 Å². The predicted molar refractivity (Wildman–Crippen MR) is 118 cm³/mol. The topological polar surface area (TPSA) is 108 Å². The van der Waals surface area contributed by atoms with Crippen molar-refractivity contribution in [2.75, 3.05) is 12.4 Å². The molecule has 0 fully saturated rings. The molecule has 0 aliphatic heterocycles. The van der Waals surface area contributed by atoms with Gasteiger partial charge in [0.05, 0.1) is 18.3 Å². The molecule has 9 heteroatoms. The largest absolute Gasteiger partial charge is 0.493 e. The first-order valence-electron chi connectivity index (χ1n) is 9.80. The lowest BCUT2D eigenvalue weighted by molar-refractivity contribution is -0.131. The molecule has 0 atom stereocenters. The van der Waals surface area contributed by atoms with Gasteiger partial charge in [-0.1, -0.05) is 6.07 Å². The molecule has 4 aromatic rings. The van der Waals surface area contributed by atoms with E-state index in [-0.39, 0.29) is 12.6 Å². The summed E-state index contributed by atoms with van der Waals surface area (Å²) in [5.74, 6) is 1.76. The number of rotatable bonds is 7. The van der Waals surface area contributed by atoms with Crippen molar-refractivity contribution >= 4 is 28.4 Å². The lowest BCUT2D eigenvalue weighted by Gasteiger charge is -2.14. The fourth-order valence-corrected chi connectivity index (χ4v) is 3.07. The quantitative estimate of drug-likeness (QED) is 0.343. The Morgan fingerprint density at radius 2 is 1.88 bits per heavy atom. The molecule has 0 aliphatic rings. The molecule has 0 amide bonds.